The van der Waals surface area contributed by atoms with Gasteiger partial charge in [-0.2, -0.15) is 0 Å². The van der Waals surface area contributed by atoms with E-state index in [0.717, 1.165) is 36.1 Å². The SMILES string of the molecule is C=C(C)C(=O)C1([SiH3])CCCCO1. The van der Waals surface area contributed by atoms with Gasteiger partial charge in [0.1, 0.15) is 5.22 Å². The molecule has 0 aromatic heterocycles. The Labute approximate surface area is 76.4 Å². The van der Waals surface area contributed by atoms with E-state index in [1.165, 1.54) is 0 Å². The Balaban J connectivity index is 2.69. The highest BCUT2D eigenvalue weighted by Gasteiger charge is 2.35. The van der Waals surface area contributed by atoms with Crippen molar-refractivity contribution in [3.63, 3.8) is 0 Å². The summed E-state index contributed by atoms with van der Waals surface area (Å²) in [6.45, 7) is 6.17. The topological polar surface area (TPSA) is 26.3 Å². The molecule has 68 valence electrons. The zero-order chi connectivity index (χ0) is 9.19. The fourth-order valence-corrected chi connectivity index (χ4v) is 2.55. The van der Waals surface area contributed by atoms with E-state index in [2.05, 4.69) is 6.58 Å². The van der Waals surface area contributed by atoms with E-state index in [1.807, 2.05) is 0 Å². The van der Waals surface area contributed by atoms with Crippen molar-refractivity contribution < 1.29 is 9.53 Å². The Kier molecular flexibility index (Phi) is 2.85. The van der Waals surface area contributed by atoms with E-state index in [1.54, 1.807) is 6.92 Å². The lowest BCUT2D eigenvalue weighted by molar-refractivity contribution is -0.134. The van der Waals surface area contributed by atoms with E-state index in [9.17, 15) is 4.79 Å². The van der Waals surface area contributed by atoms with Gasteiger partial charge in [-0.25, -0.2) is 0 Å². The molecule has 0 aromatic carbocycles. The van der Waals surface area contributed by atoms with Crippen molar-refractivity contribution in [3.8, 4) is 0 Å². The van der Waals surface area contributed by atoms with Gasteiger partial charge in [0, 0.05) is 6.61 Å². The van der Waals surface area contributed by atoms with E-state index < -0.39 is 5.22 Å². The Morgan fingerprint density at radius 3 is 2.67 bits per heavy atom. The molecule has 0 radical (unpaired) electrons. The third-order valence-corrected chi connectivity index (χ3v) is 3.58. The lowest BCUT2D eigenvalue weighted by Gasteiger charge is -2.32. The normalized spacial score (nSPS) is 30.1. The molecule has 3 heteroatoms. The number of carbonyl (C=O) groups is 1. The van der Waals surface area contributed by atoms with Gasteiger partial charge >= 0.3 is 0 Å². The first-order valence-corrected chi connectivity index (χ1v) is 5.40. The van der Waals surface area contributed by atoms with Gasteiger partial charge in [-0.3, -0.25) is 4.79 Å². The number of ether oxygens (including phenoxy) is 1. The van der Waals surface area contributed by atoms with Crippen LogP contribution in [0.2, 0.25) is 0 Å². The second-order valence-corrected chi connectivity index (χ2v) is 5.26. The first-order valence-electron chi connectivity index (χ1n) is 4.40. The van der Waals surface area contributed by atoms with Gasteiger partial charge in [-0.1, -0.05) is 6.58 Å². The molecule has 0 saturated carbocycles. The maximum atomic E-state index is 11.6. The summed E-state index contributed by atoms with van der Waals surface area (Å²) >= 11 is 0. The van der Waals surface area contributed by atoms with E-state index in [4.69, 9.17) is 4.74 Å². The number of ketones is 1. The van der Waals surface area contributed by atoms with Crippen LogP contribution in [0, 0.1) is 0 Å². The van der Waals surface area contributed by atoms with Crippen LogP contribution in [0.3, 0.4) is 0 Å². The minimum absolute atomic E-state index is 0.119. The summed E-state index contributed by atoms with van der Waals surface area (Å²) < 4.78 is 5.54. The number of Topliss-reactive ketones (excluding diaryl/α,β-unsaturated/α-hetero) is 1. The molecule has 1 aliphatic rings. The summed E-state index contributed by atoms with van der Waals surface area (Å²) in [6, 6.07) is 0. The lowest BCUT2D eigenvalue weighted by atomic mass is 10.0. The maximum absolute atomic E-state index is 11.6. The average Bonchev–Trinajstić information content (AvgIpc) is 2.04. The summed E-state index contributed by atoms with van der Waals surface area (Å²) in [5.74, 6) is 0.119. The zero-order valence-corrected chi connectivity index (χ0v) is 9.85. The van der Waals surface area contributed by atoms with Crippen LogP contribution >= 0.6 is 0 Å². The minimum Gasteiger partial charge on any atom is -0.372 e. The Morgan fingerprint density at radius 2 is 2.25 bits per heavy atom. The third-order valence-electron chi connectivity index (χ3n) is 2.34. The summed E-state index contributed by atoms with van der Waals surface area (Å²) in [5.41, 5.74) is 0.631. The van der Waals surface area contributed by atoms with E-state index in [-0.39, 0.29) is 5.78 Å². The summed E-state index contributed by atoms with van der Waals surface area (Å²) in [6.07, 6.45) is 3.10. The highest BCUT2D eigenvalue weighted by atomic mass is 28.1. The van der Waals surface area contributed by atoms with Crippen LogP contribution < -0.4 is 0 Å². The summed E-state index contributed by atoms with van der Waals surface area (Å²) in [5, 5.41) is -0.440. The van der Waals surface area contributed by atoms with E-state index in [0.29, 0.717) is 5.57 Å². The number of hydrogen-bond donors (Lipinski definition) is 0. The molecule has 1 saturated heterocycles. The van der Waals surface area contributed by atoms with Crippen LogP contribution in [0.4, 0.5) is 0 Å². The van der Waals surface area contributed by atoms with Gasteiger partial charge in [0.15, 0.2) is 5.78 Å². The van der Waals surface area contributed by atoms with Crippen molar-refractivity contribution in [1.29, 1.82) is 0 Å². The fourth-order valence-electron chi connectivity index (χ4n) is 1.56. The first-order chi connectivity index (χ1) is 5.56. The van der Waals surface area contributed by atoms with Crippen LogP contribution in [0.15, 0.2) is 12.2 Å². The number of carbonyl (C=O) groups excluding carboxylic acids is 1. The van der Waals surface area contributed by atoms with E-state index >= 15 is 0 Å². The predicted octanol–water partition coefficient (Wildman–Crippen LogP) is 0.394. The molecule has 0 N–H and O–H groups in total. The van der Waals surface area contributed by atoms with Crippen molar-refractivity contribution in [2.45, 2.75) is 31.4 Å². The van der Waals surface area contributed by atoms with Crippen molar-refractivity contribution in [1.82, 2.24) is 0 Å². The molecule has 1 atom stereocenters. The lowest BCUT2D eigenvalue weighted by Crippen LogP contribution is -2.45. The molecule has 0 bridgehead atoms. The molecule has 0 amide bonds. The van der Waals surface area contributed by atoms with Gasteiger partial charge in [0.25, 0.3) is 0 Å². The highest BCUT2D eigenvalue weighted by Crippen LogP contribution is 2.24. The smallest absolute Gasteiger partial charge is 0.185 e. The second-order valence-electron chi connectivity index (χ2n) is 3.65. The minimum atomic E-state index is -0.440. The molecule has 2 nitrogen and oxygen atoms in total. The molecule has 1 rings (SSSR count). The summed E-state index contributed by atoms with van der Waals surface area (Å²) in [4.78, 5) is 11.6. The van der Waals surface area contributed by atoms with Gasteiger partial charge < -0.3 is 4.74 Å². The monoisotopic (exact) mass is 184 g/mol. The molecule has 0 aromatic rings. The van der Waals surface area contributed by atoms with Crippen LogP contribution in [-0.4, -0.2) is 27.9 Å². The van der Waals surface area contributed by atoms with Crippen LogP contribution in [-0.2, 0) is 9.53 Å². The quantitative estimate of drug-likeness (QED) is 0.458. The van der Waals surface area contributed by atoms with Gasteiger partial charge in [-0.05, 0) is 31.8 Å². The first kappa shape index (κ1) is 9.67. The molecular weight excluding hydrogens is 168 g/mol. The average molecular weight is 184 g/mol. The standard InChI is InChI=1S/C9H16O2Si/c1-7(2)8(10)9(12)5-3-4-6-11-9/h1,3-6H2,2,12H3. The highest BCUT2D eigenvalue weighted by molar-refractivity contribution is 6.31. The Morgan fingerprint density at radius 1 is 1.58 bits per heavy atom. The van der Waals surface area contributed by atoms with Crippen LogP contribution in [0.5, 0.6) is 0 Å². The molecule has 12 heavy (non-hydrogen) atoms. The molecule has 0 spiro atoms. The number of rotatable bonds is 2. The van der Waals surface area contributed by atoms with Crippen molar-refractivity contribution in [3.05, 3.63) is 12.2 Å². The zero-order valence-electron chi connectivity index (χ0n) is 7.85. The van der Waals surface area contributed by atoms with Crippen LogP contribution in [0.1, 0.15) is 26.2 Å². The van der Waals surface area contributed by atoms with Gasteiger partial charge in [0.05, 0.1) is 10.2 Å². The van der Waals surface area contributed by atoms with Crippen molar-refractivity contribution in [2.24, 2.45) is 0 Å². The molecule has 1 fully saturated rings. The molecule has 0 aliphatic carbocycles. The molecular formula is C9H16O2Si. The largest absolute Gasteiger partial charge is 0.372 e. The second kappa shape index (κ2) is 3.54. The fraction of sp³-hybridized carbons (Fsp3) is 0.667. The van der Waals surface area contributed by atoms with Crippen molar-refractivity contribution >= 4 is 16.0 Å². The molecule has 1 heterocycles. The predicted molar refractivity (Wildman–Crippen MR) is 52.3 cm³/mol. The molecule has 1 unspecified atom stereocenters. The number of hydrogen-bond acceptors (Lipinski definition) is 2. The Bertz CT molecular complexity index is 205. The molecule has 1 aliphatic heterocycles. The van der Waals surface area contributed by atoms with Gasteiger partial charge in [-0.15, -0.1) is 0 Å². The van der Waals surface area contributed by atoms with Crippen LogP contribution in [0.25, 0.3) is 0 Å². The third kappa shape index (κ3) is 1.84. The van der Waals surface area contributed by atoms with Gasteiger partial charge in [0.2, 0.25) is 0 Å². The summed E-state index contributed by atoms with van der Waals surface area (Å²) in [7, 11) is 0.779. The van der Waals surface area contributed by atoms with Crippen molar-refractivity contribution in [2.75, 3.05) is 6.61 Å². The maximum Gasteiger partial charge on any atom is 0.185 e. The Hall–Kier alpha value is -0.413.